The Labute approximate surface area is 175 Å². The molecule has 2 atom stereocenters. The Hall–Kier alpha value is -3.16. The van der Waals surface area contributed by atoms with Crippen LogP contribution in [0, 0.1) is 13.8 Å². The van der Waals surface area contributed by atoms with Crippen LogP contribution in [0.4, 0.5) is 17.5 Å². The van der Waals surface area contributed by atoms with Gasteiger partial charge in [0.15, 0.2) is 0 Å². The Kier molecular flexibility index (Phi) is 5.32. The van der Waals surface area contributed by atoms with Crippen LogP contribution in [0.1, 0.15) is 55.2 Å². The summed E-state index contributed by atoms with van der Waals surface area (Å²) in [5, 5.41) is 5.57. The van der Waals surface area contributed by atoms with Crippen molar-refractivity contribution < 1.29 is 9.59 Å². The number of amides is 2. The molecule has 2 aliphatic heterocycles. The Bertz CT molecular complexity index is 1060. The number of aromatic nitrogens is 2. The molecule has 1 aromatic carbocycles. The number of nitrogens with one attached hydrogen (secondary N) is 3. The predicted molar refractivity (Wildman–Crippen MR) is 116 cm³/mol. The van der Waals surface area contributed by atoms with Gasteiger partial charge in [-0.1, -0.05) is 12.1 Å². The molecule has 2 aromatic rings. The lowest BCUT2D eigenvalue weighted by atomic mass is 9.92. The number of carbonyl (C=O) groups excluding carboxylic acids is 2. The molecule has 3 heterocycles. The van der Waals surface area contributed by atoms with E-state index >= 15 is 0 Å². The lowest BCUT2D eigenvalue weighted by molar-refractivity contribution is -0.123. The van der Waals surface area contributed by atoms with E-state index in [1.165, 1.54) is 0 Å². The van der Waals surface area contributed by atoms with Crippen LogP contribution in [0.3, 0.4) is 0 Å². The van der Waals surface area contributed by atoms with Gasteiger partial charge in [0.1, 0.15) is 5.82 Å². The average molecular weight is 409 g/mol. The van der Waals surface area contributed by atoms with Crippen LogP contribution in [-0.2, 0) is 9.59 Å². The van der Waals surface area contributed by atoms with Crippen LogP contribution in [-0.4, -0.2) is 34.4 Å². The number of piperidine rings is 1. The first kappa shape index (κ1) is 20.1. The highest BCUT2D eigenvalue weighted by Gasteiger charge is 2.35. The number of fused-ring (bicyclic) bond motifs is 1. The van der Waals surface area contributed by atoms with E-state index in [1.54, 1.807) is 0 Å². The number of H-pyrrole nitrogens is 1. The highest BCUT2D eigenvalue weighted by atomic mass is 16.2. The summed E-state index contributed by atoms with van der Waals surface area (Å²) in [4.78, 5) is 47.8. The standard InChI is InChI=1S/C22H27N5O3/c1-12-7-8-13(2)16(10-12)23-20(29)15-11-17(28)24-19-18(15)21(30)26-22(25-19)27-9-5-4-6-14(27)3/h7-8,10,14-15H,4-6,9,11H2,1-3H3,(H,23,29)(H2,24,25,26,28,30)/t14-,15-/m0/s1. The largest absolute Gasteiger partial charge is 0.340 e. The fourth-order valence-corrected chi connectivity index (χ4v) is 4.22. The van der Waals surface area contributed by atoms with Crippen LogP contribution in [0.2, 0.25) is 0 Å². The third kappa shape index (κ3) is 3.81. The first-order chi connectivity index (χ1) is 14.3. The van der Waals surface area contributed by atoms with Crippen LogP contribution >= 0.6 is 0 Å². The summed E-state index contributed by atoms with van der Waals surface area (Å²) in [5.41, 5.74) is 2.43. The van der Waals surface area contributed by atoms with E-state index in [-0.39, 0.29) is 41.2 Å². The van der Waals surface area contributed by atoms with Gasteiger partial charge >= 0.3 is 0 Å². The van der Waals surface area contributed by atoms with Crippen LogP contribution < -0.4 is 21.1 Å². The maximum absolute atomic E-state index is 13.0. The van der Waals surface area contributed by atoms with Gasteiger partial charge in [0, 0.05) is 24.7 Å². The fraction of sp³-hybridized carbons (Fsp3) is 0.455. The number of aryl methyl sites for hydroxylation is 2. The molecule has 8 heteroatoms. The Morgan fingerprint density at radius 2 is 2.03 bits per heavy atom. The molecule has 0 unspecified atom stereocenters. The zero-order chi connectivity index (χ0) is 21.4. The minimum atomic E-state index is -0.891. The molecule has 0 aliphatic carbocycles. The smallest absolute Gasteiger partial charge is 0.258 e. The number of hydrogen-bond acceptors (Lipinski definition) is 5. The average Bonchev–Trinajstić information content (AvgIpc) is 2.70. The molecular formula is C22H27N5O3. The molecular weight excluding hydrogens is 382 g/mol. The number of rotatable bonds is 3. The minimum absolute atomic E-state index is 0.0894. The SMILES string of the molecule is Cc1ccc(C)c(NC(=O)[C@H]2CC(=O)Nc3nc(N4CCCC[C@@H]4C)[nH]c(=O)c32)c1. The van der Waals surface area contributed by atoms with Crippen molar-refractivity contribution in [3.8, 4) is 0 Å². The summed E-state index contributed by atoms with van der Waals surface area (Å²) in [5.74, 6) is -0.964. The lowest BCUT2D eigenvalue weighted by Gasteiger charge is -2.34. The third-order valence-corrected chi connectivity index (χ3v) is 5.98. The van der Waals surface area contributed by atoms with E-state index < -0.39 is 5.92 Å². The fourth-order valence-electron chi connectivity index (χ4n) is 4.22. The molecule has 3 N–H and O–H groups in total. The number of aromatic amines is 1. The molecule has 1 saturated heterocycles. The molecule has 2 aliphatic rings. The topological polar surface area (TPSA) is 107 Å². The van der Waals surface area contributed by atoms with Crippen molar-refractivity contribution in [3.63, 3.8) is 0 Å². The van der Waals surface area contributed by atoms with E-state index in [9.17, 15) is 14.4 Å². The maximum Gasteiger partial charge on any atom is 0.258 e. The second-order valence-electron chi connectivity index (χ2n) is 8.30. The van der Waals surface area contributed by atoms with Gasteiger partial charge in [0.2, 0.25) is 17.8 Å². The van der Waals surface area contributed by atoms with Gasteiger partial charge < -0.3 is 15.5 Å². The highest BCUT2D eigenvalue weighted by molar-refractivity contribution is 6.04. The minimum Gasteiger partial charge on any atom is -0.340 e. The van der Waals surface area contributed by atoms with E-state index in [2.05, 4.69) is 32.4 Å². The van der Waals surface area contributed by atoms with Gasteiger partial charge in [0.05, 0.1) is 11.5 Å². The number of hydrogen-bond donors (Lipinski definition) is 3. The quantitative estimate of drug-likeness (QED) is 0.723. The Morgan fingerprint density at radius 1 is 1.23 bits per heavy atom. The van der Waals surface area contributed by atoms with Crippen molar-refractivity contribution in [2.75, 3.05) is 22.1 Å². The summed E-state index contributed by atoms with van der Waals surface area (Å²) in [6, 6.07) is 6.02. The molecule has 4 rings (SSSR count). The molecule has 0 bridgehead atoms. The highest BCUT2D eigenvalue weighted by Crippen LogP contribution is 2.31. The van der Waals surface area contributed by atoms with Gasteiger partial charge in [-0.05, 0) is 57.2 Å². The van der Waals surface area contributed by atoms with E-state index in [0.29, 0.717) is 11.6 Å². The van der Waals surface area contributed by atoms with Crippen molar-refractivity contribution in [2.24, 2.45) is 0 Å². The Morgan fingerprint density at radius 3 is 2.80 bits per heavy atom. The van der Waals surface area contributed by atoms with Gasteiger partial charge in [-0.2, -0.15) is 4.98 Å². The molecule has 0 spiro atoms. The molecule has 158 valence electrons. The van der Waals surface area contributed by atoms with E-state index in [0.717, 1.165) is 36.9 Å². The number of anilines is 3. The van der Waals surface area contributed by atoms with Gasteiger partial charge in [-0.15, -0.1) is 0 Å². The molecule has 8 nitrogen and oxygen atoms in total. The van der Waals surface area contributed by atoms with Crippen molar-refractivity contribution >= 4 is 29.3 Å². The summed E-state index contributed by atoms with van der Waals surface area (Å²) >= 11 is 0. The zero-order valence-corrected chi connectivity index (χ0v) is 17.5. The van der Waals surface area contributed by atoms with Crippen molar-refractivity contribution in [2.45, 2.75) is 58.4 Å². The van der Waals surface area contributed by atoms with Crippen molar-refractivity contribution in [3.05, 3.63) is 45.2 Å². The number of benzene rings is 1. The summed E-state index contributed by atoms with van der Waals surface area (Å²) in [7, 11) is 0. The predicted octanol–water partition coefficient (Wildman–Crippen LogP) is 2.83. The van der Waals surface area contributed by atoms with E-state index in [1.807, 2.05) is 32.0 Å². The van der Waals surface area contributed by atoms with Crippen LogP contribution in [0.5, 0.6) is 0 Å². The first-order valence-electron chi connectivity index (χ1n) is 10.4. The molecule has 1 aromatic heterocycles. The van der Waals surface area contributed by atoms with Crippen molar-refractivity contribution in [1.82, 2.24) is 9.97 Å². The van der Waals surface area contributed by atoms with Gasteiger partial charge in [-0.25, -0.2) is 0 Å². The van der Waals surface area contributed by atoms with Crippen molar-refractivity contribution in [1.29, 1.82) is 0 Å². The monoisotopic (exact) mass is 409 g/mol. The third-order valence-electron chi connectivity index (χ3n) is 5.98. The number of nitrogens with zero attached hydrogens (tertiary/aromatic N) is 2. The second kappa shape index (κ2) is 7.93. The van der Waals surface area contributed by atoms with Crippen LogP contribution in [0.15, 0.2) is 23.0 Å². The molecule has 1 fully saturated rings. The molecule has 0 saturated carbocycles. The van der Waals surface area contributed by atoms with Crippen LogP contribution in [0.25, 0.3) is 0 Å². The maximum atomic E-state index is 13.0. The normalized spacial score (nSPS) is 21.0. The Balaban J connectivity index is 1.67. The lowest BCUT2D eigenvalue weighted by Crippen LogP contribution is -2.42. The molecule has 2 amide bonds. The number of carbonyl (C=O) groups is 2. The summed E-state index contributed by atoms with van der Waals surface area (Å²) in [6.07, 6.45) is 3.10. The first-order valence-corrected chi connectivity index (χ1v) is 10.4. The second-order valence-corrected chi connectivity index (χ2v) is 8.30. The summed E-state index contributed by atoms with van der Waals surface area (Å²) in [6.45, 7) is 6.73. The zero-order valence-electron chi connectivity index (χ0n) is 17.5. The molecule has 30 heavy (non-hydrogen) atoms. The van der Waals surface area contributed by atoms with E-state index in [4.69, 9.17) is 0 Å². The van der Waals surface area contributed by atoms with Gasteiger partial charge in [0.25, 0.3) is 5.56 Å². The summed E-state index contributed by atoms with van der Waals surface area (Å²) < 4.78 is 0. The molecule has 0 radical (unpaired) electrons. The van der Waals surface area contributed by atoms with Gasteiger partial charge in [-0.3, -0.25) is 19.4 Å².